The molecule has 0 N–H and O–H groups in total. The maximum Gasteiger partial charge on any atom is 0.333 e. The van der Waals surface area contributed by atoms with Crippen LogP contribution in [0.5, 0.6) is 0 Å². The maximum atomic E-state index is 12.0. The fourth-order valence-electron chi connectivity index (χ4n) is 1.87. The van der Waals surface area contributed by atoms with Gasteiger partial charge in [0, 0.05) is 30.9 Å². The number of aromatic nitrogens is 2. The lowest BCUT2D eigenvalue weighted by atomic mass is 10.2. The SMILES string of the molecule is C=C(C)C(=O)OCCCCCn1ccc(=O)n(CC)c1=O. The average Bonchev–Trinajstić information content (AvgIpc) is 2.44. The van der Waals surface area contributed by atoms with Crippen molar-refractivity contribution in [3.8, 4) is 0 Å². The second-order valence-corrected chi connectivity index (χ2v) is 4.85. The summed E-state index contributed by atoms with van der Waals surface area (Å²) in [5.74, 6) is -0.374. The van der Waals surface area contributed by atoms with Gasteiger partial charge >= 0.3 is 11.7 Å². The van der Waals surface area contributed by atoms with E-state index in [1.165, 1.54) is 21.4 Å². The first-order valence-corrected chi connectivity index (χ1v) is 7.10. The summed E-state index contributed by atoms with van der Waals surface area (Å²) in [6.07, 6.45) is 3.88. The molecular formula is C15H22N2O4. The Kier molecular flexibility index (Phi) is 6.65. The lowest BCUT2D eigenvalue weighted by Crippen LogP contribution is -2.38. The number of aryl methyl sites for hydroxylation is 1. The van der Waals surface area contributed by atoms with Crippen LogP contribution in [-0.2, 0) is 22.6 Å². The van der Waals surface area contributed by atoms with Crippen molar-refractivity contribution in [2.24, 2.45) is 0 Å². The van der Waals surface area contributed by atoms with Gasteiger partial charge in [-0.1, -0.05) is 6.58 Å². The number of esters is 1. The van der Waals surface area contributed by atoms with E-state index in [1.54, 1.807) is 13.8 Å². The van der Waals surface area contributed by atoms with Crippen molar-refractivity contribution in [3.63, 3.8) is 0 Å². The van der Waals surface area contributed by atoms with Gasteiger partial charge in [0.25, 0.3) is 5.56 Å². The Morgan fingerprint density at radius 3 is 2.62 bits per heavy atom. The number of rotatable bonds is 8. The summed E-state index contributed by atoms with van der Waals surface area (Å²) < 4.78 is 7.71. The van der Waals surface area contributed by atoms with Crippen LogP contribution in [0.15, 0.2) is 34.0 Å². The molecule has 0 saturated carbocycles. The third-order valence-corrected chi connectivity index (χ3v) is 3.08. The highest BCUT2D eigenvalue weighted by Crippen LogP contribution is 2.00. The number of carbonyl (C=O) groups excluding carboxylic acids is 1. The molecule has 0 aliphatic carbocycles. The molecule has 0 saturated heterocycles. The molecule has 6 heteroatoms. The Balaban J connectivity index is 2.37. The van der Waals surface area contributed by atoms with Gasteiger partial charge in [0.1, 0.15) is 0 Å². The molecule has 0 radical (unpaired) electrons. The lowest BCUT2D eigenvalue weighted by molar-refractivity contribution is -0.139. The Bertz CT molecular complexity index is 613. The lowest BCUT2D eigenvalue weighted by Gasteiger charge is -2.08. The van der Waals surface area contributed by atoms with Crippen molar-refractivity contribution in [2.75, 3.05) is 6.61 Å². The van der Waals surface area contributed by atoms with E-state index in [0.29, 0.717) is 25.3 Å². The largest absolute Gasteiger partial charge is 0.462 e. The molecule has 0 spiro atoms. The summed E-state index contributed by atoms with van der Waals surface area (Å²) in [4.78, 5) is 34.5. The van der Waals surface area contributed by atoms with Crippen molar-refractivity contribution in [1.29, 1.82) is 0 Å². The Labute approximate surface area is 123 Å². The van der Waals surface area contributed by atoms with Crippen LogP contribution < -0.4 is 11.2 Å². The number of hydrogen-bond acceptors (Lipinski definition) is 4. The summed E-state index contributed by atoms with van der Waals surface area (Å²) >= 11 is 0. The van der Waals surface area contributed by atoms with Crippen LogP contribution in [0.2, 0.25) is 0 Å². The minimum Gasteiger partial charge on any atom is -0.462 e. The van der Waals surface area contributed by atoms with Gasteiger partial charge in [-0.2, -0.15) is 0 Å². The van der Waals surface area contributed by atoms with E-state index in [0.717, 1.165) is 19.3 Å². The van der Waals surface area contributed by atoms with E-state index >= 15 is 0 Å². The Morgan fingerprint density at radius 2 is 2.00 bits per heavy atom. The van der Waals surface area contributed by atoms with E-state index in [2.05, 4.69) is 6.58 Å². The van der Waals surface area contributed by atoms with Crippen molar-refractivity contribution in [2.45, 2.75) is 46.2 Å². The highest BCUT2D eigenvalue weighted by Gasteiger charge is 2.04. The summed E-state index contributed by atoms with van der Waals surface area (Å²) in [5, 5.41) is 0. The highest BCUT2D eigenvalue weighted by molar-refractivity contribution is 5.86. The fraction of sp³-hybridized carbons (Fsp3) is 0.533. The molecule has 116 valence electrons. The molecule has 21 heavy (non-hydrogen) atoms. The van der Waals surface area contributed by atoms with Crippen molar-refractivity contribution >= 4 is 5.97 Å². The van der Waals surface area contributed by atoms with Gasteiger partial charge in [0.2, 0.25) is 0 Å². The molecule has 0 bridgehead atoms. The minimum atomic E-state index is -0.374. The molecule has 0 unspecified atom stereocenters. The quantitative estimate of drug-likeness (QED) is 0.412. The molecular weight excluding hydrogens is 272 g/mol. The van der Waals surface area contributed by atoms with Gasteiger partial charge in [0.15, 0.2) is 0 Å². The number of ether oxygens (including phenoxy) is 1. The first kappa shape index (κ1) is 16.9. The van der Waals surface area contributed by atoms with Crippen molar-refractivity contribution in [1.82, 2.24) is 9.13 Å². The fourth-order valence-corrected chi connectivity index (χ4v) is 1.87. The number of nitrogens with zero attached hydrogens (tertiary/aromatic N) is 2. The normalized spacial score (nSPS) is 10.4. The van der Waals surface area contributed by atoms with Crippen LogP contribution in [0.4, 0.5) is 0 Å². The third-order valence-electron chi connectivity index (χ3n) is 3.08. The molecule has 0 aromatic carbocycles. The van der Waals surface area contributed by atoms with E-state index < -0.39 is 0 Å². The van der Waals surface area contributed by atoms with E-state index in [4.69, 9.17) is 4.74 Å². The van der Waals surface area contributed by atoms with Crippen LogP contribution in [0.3, 0.4) is 0 Å². The van der Waals surface area contributed by atoms with Crippen molar-refractivity contribution < 1.29 is 9.53 Å². The third kappa shape index (κ3) is 5.06. The van der Waals surface area contributed by atoms with Gasteiger partial charge in [0.05, 0.1) is 6.61 Å². The summed E-state index contributed by atoms with van der Waals surface area (Å²) in [5.41, 5.74) is -0.160. The number of unbranched alkanes of at least 4 members (excludes halogenated alkanes) is 2. The zero-order chi connectivity index (χ0) is 15.8. The predicted molar refractivity (Wildman–Crippen MR) is 80.3 cm³/mol. The van der Waals surface area contributed by atoms with Gasteiger partial charge in [-0.05, 0) is 33.1 Å². The first-order chi connectivity index (χ1) is 9.97. The standard InChI is InChI=1S/C15H22N2O4/c1-4-17-13(18)8-10-16(15(17)20)9-6-5-7-11-21-14(19)12(2)3/h8,10H,2,4-7,9,11H2,1,3H3. The van der Waals surface area contributed by atoms with E-state index in [1.807, 2.05) is 0 Å². The van der Waals surface area contributed by atoms with Crippen LogP contribution in [0, 0.1) is 0 Å². The molecule has 1 rings (SSSR count). The molecule has 6 nitrogen and oxygen atoms in total. The molecule has 0 fully saturated rings. The van der Waals surface area contributed by atoms with Gasteiger partial charge < -0.3 is 9.30 Å². The molecule has 0 aliphatic rings. The topological polar surface area (TPSA) is 70.3 Å². The highest BCUT2D eigenvalue weighted by atomic mass is 16.5. The van der Waals surface area contributed by atoms with Gasteiger partial charge in [-0.25, -0.2) is 9.59 Å². The second-order valence-electron chi connectivity index (χ2n) is 4.85. The van der Waals surface area contributed by atoms with Crippen LogP contribution >= 0.6 is 0 Å². The maximum absolute atomic E-state index is 12.0. The van der Waals surface area contributed by atoms with Crippen LogP contribution in [0.25, 0.3) is 0 Å². The summed E-state index contributed by atoms with van der Waals surface area (Å²) in [6.45, 7) is 8.15. The first-order valence-electron chi connectivity index (χ1n) is 7.10. The smallest absolute Gasteiger partial charge is 0.333 e. The summed E-state index contributed by atoms with van der Waals surface area (Å²) in [6, 6.07) is 1.40. The van der Waals surface area contributed by atoms with E-state index in [9.17, 15) is 14.4 Å². The summed E-state index contributed by atoms with van der Waals surface area (Å²) in [7, 11) is 0. The molecule has 0 atom stereocenters. The Hall–Kier alpha value is -2.11. The monoisotopic (exact) mass is 294 g/mol. The molecule has 0 amide bonds. The predicted octanol–water partition coefficient (Wildman–Crippen LogP) is 1.32. The average molecular weight is 294 g/mol. The minimum absolute atomic E-state index is 0.273. The molecule has 0 aliphatic heterocycles. The van der Waals surface area contributed by atoms with Crippen LogP contribution in [-0.4, -0.2) is 21.7 Å². The molecule has 1 aromatic heterocycles. The van der Waals surface area contributed by atoms with Gasteiger partial charge in [-0.3, -0.25) is 9.36 Å². The zero-order valence-corrected chi connectivity index (χ0v) is 12.6. The van der Waals surface area contributed by atoms with Gasteiger partial charge in [-0.15, -0.1) is 0 Å². The molecule has 1 aromatic rings. The molecule has 1 heterocycles. The van der Waals surface area contributed by atoms with Crippen LogP contribution in [0.1, 0.15) is 33.1 Å². The Morgan fingerprint density at radius 1 is 1.29 bits per heavy atom. The second kappa shape index (κ2) is 8.24. The van der Waals surface area contributed by atoms with Crippen molar-refractivity contribution in [3.05, 3.63) is 45.3 Å². The number of hydrogen-bond donors (Lipinski definition) is 0. The zero-order valence-electron chi connectivity index (χ0n) is 12.6. The number of carbonyl (C=O) groups is 1. The van der Waals surface area contributed by atoms with E-state index in [-0.39, 0.29) is 17.2 Å².